The summed E-state index contributed by atoms with van der Waals surface area (Å²) in [5.74, 6) is -0.482. The molecule has 114 valence electrons. The maximum Gasteiger partial charge on any atom is 0.331 e. The van der Waals surface area contributed by atoms with Gasteiger partial charge in [0.05, 0.1) is 10.0 Å². The summed E-state index contributed by atoms with van der Waals surface area (Å²) in [6.45, 7) is -0.378. The highest BCUT2D eigenvalue weighted by molar-refractivity contribution is 14.1. The smallest absolute Gasteiger partial charge is 0.331 e. The average molecular weight is 451 g/mol. The first kappa shape index (κ1) is 17.1. The molecule has 0 aliphatic carbocycles. The van der Waals surface area contributed by atoms with E-state index in [9.17, 15) is 9.59 Å². The summed E-state index contributed by atoms with van der Waals surface area (Å²) in [7, 11) is 0. The molecule has 0 unspecified atom stereocenters. The Hall–Kier alpha value is -1.31. The molecule has 0 saturated carbocycles. The molecule has 0 aliphatic rings. The number of ether oxygens (including phenoxy) is 1. The molecule has 4 nitrogen and oxygen atoms in total. The van der Waals surface area contributed by atoms with Crippen LogP contribution in [0.15, 0.2) is 40.8 Å². The Labute approximate surface area is 150 Å². The molecule has 2 aromatic rings. The van der Waals surface area contributed by atoms with E-state index in [1.807, 2.05) is 22.6 Å². The monoisotopic (exact) mass is 450 g/mol. The van der Waals surface area contributed by atoms with E-state index < -0.39 is 5.97 Å². The number of rotatable bonds is 5. The van der Waals surface area contributed by atoms with Gasteiger partial charge in [-0.15, -0.1) is 0 Å². The maximum absolute atomic E-state index is 11.9. The molecule has 0 spiro atoms. The molecule has 0 aliphatic heterocycles. The quantitative estimate of drug-likeness (QED) is 0.288. The fourth-order valence-corrected chi connectivity index (χ4v) is 2.24. The second-order valence-corrected chi connectivity index (χ2v) is 6.01. The van der Waals surface area contributed by atoms with E-state index in [-0.39, 0.29) is 17.4 Å². The third-order valence-electron chi connectivity index (χ3n) is 2.56. The van der Waals surface area contributed by atoms with E-state index in [0.717, 1.165) is 0 Å². The number of halogens is 3. The molecule has 0 atom stereocenters. The third kappa shape index (κ3) is 4.86. The van der Waals surface area contributed by atoms with Crippen LogP contribution in [0.5, 0.6) is 0 Å². The number of carbonyl (C=O) groups excluding carboxylic acids is 2. The van der Waals surface area contributed by atoms with Crippen LogP contribution in [0.25, 0.3) is 6.08 Å². The number of benzene rings is 1. The van der Waals surface area contributed by atoms with Gasteiger partial charge in [-0.1, -0.05) is 23.2 Å². The number of hydrogen-bond acceptors (Lipinski definition) is 4. The van der Waals surface area contributed by atoms with Gasteiger partial charge < -0.3 is 9.15 Å². The Kier molecular flexibility index (Phi) is 6.05. The SMILES string of the molecule is O=C(/C=C/c1ccc(I)o1)OCC(=O)c1ccc(Cl)c(Cl)c1. The van der Waals surface area contributed by atoms with Crippen molar-refractivity contribution in [3.8, 4) is 0 Å². The third-order valence-corrected chi connectivity index (χ3v) is 3.88. The molecule has 1 aromatic heterocycles. The molecule has 0 amide bonds. The highest BCUT2D eigenvalue weighted by atomic mass is 127. The van der Waals surface area contributed by atoms with Gasteiger partial charge in [-0.25, -0.2) is 4.79 Å². The van der Waals surface area contributed by atoms with Crippen LogP contribution in [0.1, 0.15) is 16.1 Å². The van der Waals surface area contributed by atoms with Crippen molar-refractivity contribution < 1.29 is 18.7 Å². The molecule has 7 heteroatoms. The van der Waals surface area contributed by atoms with Crippen molar-refractivity contribution in [2.24, 2.45) is 0 Å². The van der Waals surface area contributed by atoms with Crippen molar-refractivity contribution in [3.63, 3.8) is 0 Å². The number of hydrogen-bond donors (Lipinski definition) is 0. The Morgan fingerprint density at radius 2 is 1.95 bits per heavy atom. The summed E-state index contributed by atoms with van der Waals surface area (Å²) in [6, 6.07) is 7.94. The first-order valence-electron chi connectivity index (χ1n) is 6.04. The Morgan fingerprint density at radius 3 is 2.59 bits per heavy atom. The minimum atomic E-state index is -0.639. The summed E-state index contributed by atoms with van der Waals surface area (Å²) in [5, 5.41) is 0.623. The first-order chi connectivity index (χ1) is 10.5. The lowest BCUT2D eigenvalue weighted by Gasteiger charge is -2.03. The zero-order chi connectivity index (χ0) is 16.1. The largest absolute Gasteiger partial charge is 0.454 e. The molecule has 0 bridgehead atoms. The van der Waals surface area contributed by atoms with Gasteiger partial charge >= 0.3 is 5.97 Å². The van der Waals surface area contributed by atoms with Crippen molar-refractivity contribution in [1.29, 1.82) is 0 Å². The number of esters is 1. The fourth-order valence-electron chi connectivity index (χ4n) is 1.51. The van der Waals surface area contributed by atoms with Crippen molar-refractivity contribution in [2.75, 3.05) is 6.61 Å². The number of ketones is 1. The van der Waals surface area contributed by atoms with Crippen LogP contribution in [0, 0.1) is 3.77 Å². The van der Waals surface area contributed by atoms with Gasteiger partial charge in [0.2, 0.25) is 0 Å². The fraction of sp³-hybridized carbons (Fsp3) is 0.0667. The van der Waals surface area contributed by atoms with Gasteiger partial charge in [0.1, 0.15) is 5.76 Å². The second kappa shape index (κ2) is 7.80. The Bertz CT molecular complexity index is 737. The number of carbonyl (C=O) groups is 2. The van der Waals surface area contributed by atoms with Crippen LogP contribution in [0.4, 0.5) is 0 Å². The molecule has 0 N–H and O–H groups in total. The van der Waals surface area contributed by atoms with Gasteiger partial charge in [-0.05, 0) is 59.0 Å². The Morgan fingerprint density at radius 1 is 1.18 bits per heavy atom. The van der Waals surface area contributed by atoms with E-state index in [2.05, 4.69) is 0 Å². The van der Waals surface area contributed by atoms with Gasteiger partial charge in [-0.3, -0.25) is 4.79 Å². The molecule has 0 radical (unpaired) electrons. The van der Waals surface area contributed by atoms with Crippen LogP contribution in [0.3, 0.4) is 0 Å². The van der Waals surface area contributed by atoms with Crippen LogP contribution in [-0.4, -0.2) is 18.4 Å². The molecule has 2 rings (SSSR count). The van der Waals surface area contributed by atoms with E-state index >= 15 is 0 Å². The van der Waals surface area contributed by atoms with Gasteiger partial charge in [0.25, 0.3) is 0 Å². The van der Waals surface area contributed by atoms with Crippen molar-refractivity contribution in [2.45, 2.75) is 0 Å². The predicted molar refractivity (Wildman–Crippen MR) is 92.2 cm³/mol. The van der Waals surface area contributed by atoms with Gasteiger partial charge in [0, 0.05) is 11.6 Å². The lowest BCUT2D eigenvalue weighted by Crippen LogP contribution is -2.12. The summed E-state index contributed by atoms with van der Waals surface area (Å²) < 4.78 is 10.8. The van der Waals surface area contributed by atoms with E-state index in [1.165, 1.54) is 30.4 Å². The molecule has 1 heterocycles. The number of Topliss-reactive ketones (excluding diaryl/α,β-unsaturated/α-hetero) is 1. The van der Waals surface area contributed by atoms with Crippen LogP contribution in [0.2, 0.25) is 10.0 Å². The lowest BCUT2D eigenvalue weighted by atomic mass is 10.1. The highest BCUT2D eigenvalue weighted by Crippen LogP contribution is 2.22. The highest BCUT2D eigenvalue weighted by Gasteiger charge is 2.10. The van der Waals surface area contributed by atoms with Crippen LogP contribution < -0.4 is 0 Å². The van der Waals surface area contributed by atoms with Crippen molar-refractivity contribution in [1.82, 2.24) is 0 Å². The zero-order valence-corrected chi connectivity index (χ0v) is 14.7. The van der Waals surface area contributed by atoms with Gasteiger partial charge in [0.15, 0.2) is 16.2 Å². The molecular weight excluding hydrogens is 442 g/mol. The number of furan rings is 1. The Balaban J connectivity index is 1.89. The van der Waals surface area contributed by atoms with E-state index in [1.54, 1.807) is 12.1 Å². The average Bonchev–Trinajstić information content (AvgIpc) is 2.91. The summed E-state index contributed by atoms with van der Waals surface area (Å²) >= 11 is 13.6. The van der Waals surface area contributed by atoms with Crippen LogP contribution >= 0.6 is 45.8 Å². The minimum absolute atomic E-state index is 0.270. The second-order valence-electron chi connectivity index (χ2n) is 4.13. The van der Waals surface area contributed by atoms with Crippen molar-refractivity contribution in [3.05, 3.63) is 61.5 Å². The van der Waals surface area contributed by atoms with E-state index in [0.29, 0.717) is 20.1 Å². The predicted octanol–water partition coefficient (Wildman–Crippen LogP) is 4.63. The molecule has 1 aromatic carbocycles. The topological polar surface area (TPSA) is 56.5 Å². The lowest BCUT2D eigenvalue weighted by molar-refractivity contribution is -0.136. The molecule has 0 fully saturated rings. The summed E-state index contributed by atoms with van der Waals surface area (Å²) in [4.78, 5) is 23.4. The maximum atomic E-state index is 11.9. The minimum Gasteiger partial charge on any atom is -0.454 e. The zero-order valence-electron chi connectivity index (χ0n) is 11.0. The standard InChI is InChI=1S/C15H9Cl2IO4/c16-11-4-1-9(7-12(11)17)13(19)8-21-15(20)6-3-10-2-5-14(18)22-10/h1-7H,8H2/b6-3+. The summed E-state index contributed by atoms with van der Waals surface area (Å²) in [5.41, 5.74) is 0.326. The van der Waals surface area contributed by atoms with Gasteiger partial charge in [-0.2, -0.15) is 0 Å². The molecule has 22 heavy (non-hydrogen) atoms. The normalized spacial score (nSPS) is 10.9. The van der Waals surface area contributed by atoms with E-state index in [4.69, 9.17) is 32.4 Å². The molecule has 0 saturated heterocycles. The first-order valence-corrected chi connectivity index (χ1v) is 7.87. The van der Waals surface area contributed by atoms with Crippen molar-refractivity contribution >= 4 is 63.6 Å². The molecular formula is C15H9Cl2IO4. The summed E-state index contributed by atoms with van der Waals surface area (Å²) in [6.07, 6.45) is 2.66. The van der Waals surface area contributed by atoms with Crippen LogP contribution in [-0.2, 0) is 9.53 Å².